The predicted octanol–water partition coefficient (Wildman–Crippen LogP) is 6.17. The molecule has 4 amide bonds. The van der Waals surface area contributed by atoms with Gasteiger partial charge in [0, 0.05) is 50.6 Å². The summed E-state index contributed by atoms with van der Waals surface area (Å²) in [5, 5.41) is 26.0. The van der Waals surface area contributed by atoms with Crippen molar-refractivity contribution in [2.24, 2.45) is 5.41 Å². The molecular weight excluding hydrogens is 886 g/mol. The fourth-order valence-corrected chi connectivity index (χ4v) is 8.42. The van der Waals surface area contributed by atoms with Crippen LogP contribution in [0.5, 0.6) is 5.75 Å². The van der Waals surface area contributed by atoms with Gasteiger partial charge in [0.25, 0.3) is 5.91 Å². The Bertz CT molecular complexity index is 2380. The highest BCUT2D eigenvalue weighted by atomic mass is 35.5. The molecule has 3 atom stereocenters. The van der Waals surface area contributed by atoms with Gasteiger partial charge in [0.2, 0.25) is 17.7 Å². The molecule has 2 aliphatic rings. The first-order valence-electron chi connectivity index (χ1n) is 21.8. The second kappa shape index (κ2) is 22.1. The number of carbonyl (C=O) groups is 4. The standard InChI is InChI=1S/C48H56ClN7O9S/c1-47(2,3)42(44(60)54-28-36(57)24-39(54)43(59)52-26-31-9-11-32(12-10-31)40-27-51-30-65-40)53-41(58)29-63-21-8-20-62-19-6-7-22-64-37-17-15-34(16-18-37)56-46(66)55(45(61)48(56,4)5)35-14-13-33(25-50)38(49)23-35/h9-18,23,27,30,36,39,42,57H,6-8,19-22,24,26,28-29H2,1-5H3,(H,52,59)(H,53,58)/t36-,39+,42?/m1/s1. The van der Waals surface area contributed by atoms with Crippen LogP contribution in [0, 0.1) is 16.7 Å². The van der Waals surface area contributed by atoms with Gasteiger partial charge in [-0.1, -0.05) is 56.6 Å². The van der Waals surface area contributed by atoms with E-state index >= 15 is 0 Å². The number of likely N-dealkylation sites (tertiary alicyclic amines) is 1. The maximum atomic E-state index is 13.9. The lowest BCUT2D eigenvalue weighted by molar-refractivity contribution is -0.144. The number of aliphatic hydroxyl groups is 1. The highest BCUT2D eigenvalue weighted by Crippen LogP contribution is 2.38. The first-order valence-corrected chi connectivity index (χ1v) is 22.6. The van der Waals surface area contributed by atoms with Gasteiger partial charge in [-0.25, -0.2) is 4.98 Å². The van der Waals surface area contributed by atoms with Crippen molar-refractivity contribution in [3.8, 4) is 23.1 Å². The Balaban J connectivity index is 0.854. The van der Waals surface area contributed by atoms with E-state index in [1.807, 2.05) is 75.4 Å². The van der Waals surface area contributed by atoms with Crippen molar-refractivity contribution in [1.82, 2.24) is 20.5 Å². The van der Waals surface area contributed by atoms with Crippen molar-refractivity contribution in [2.75, 3.05) is 49.4 Å². The van der Waals surface area contributed by atoms with Gasteiger partial charge in [0.15, 0.2) is 17.3 Å². The van der Waals surface area contributed by atoms with Crippen molar-refractivity contribution >= 4 is 63.9 Å². The number of thiocarbonyl (C=S) groups is 1. The molecule has 0 saturated carbocycles. The van der Waals surface area contributed by atoms with Gasteiger partial charge in [0.1, 0.15) is 36.0 Å². The number of nitrogens with zero attached hydrogens (tertiary/aromatic N) is 5. The molecule has 2 fully saturated rings. The molecular formula is C48H56ClN7O9S. The Kier molecular flexibility index (Phi) is 16.6. The summed E-state index contributed by atoms with van der Waals surface area (Å²) in [5.41, 5.74) is 1.55. The summed E-state index contributed by atoms with van der Waals surface area (Å²) in [6.45, 7) is 10.7. The fourth-order valence-electron chi connectivity index (χ4n) is 7.68. The molecule has 350 valence electrons. The van der Waals surface area contributed by atoms with Crippen LogP contribution in [-0.4, -0.2) is 107 Å². The Hall–Kier alpha value is -5.90. The number of anilines is 2. The lowest BCUT2D eigenvalue weighted by atomic mass is 9.85. The Morgan fingerprint density at radius 1 is 1.00 bits per heavy atom. The van der Waals surface area contributed by atoms with Gasteiger partial charge in [-0.3, -0.25) is 24.1 Å². The average molecular weight is 943 g/mol. The summed E-state index contributed by atoms with van der Waals surface area (Å²) in [4.78, 5) is 62.3. The van der Waals surface area contributed by atoms with Gasteiger partial charge in [-0.05, 0) is 98.8 Å². The minimum atomic E-state index is -0.969. The number of halogens is 1. The number of carbonyl (C=O) groups excluding carboxylic acids is 4. The third kappa shape index (κ3) is 12.1. The maximum absolute atomic E-state index is 13.9. The van der Waals surface area contributed by atoms with E-state index in [-0.39, 0.29) is 43.7 Å². The molecule has 18 heteroatoms. The van der Waals surface area contributed by atoms with Gasteiger partial charge in [0.05, 0.1) is 35.2 Å². The minimum absolute atomic E-state index is 0.0262. The number of β-amino-alcohol motifs (C(OH)–C–C–N with tert-alkyl or cyclic N) is 1. The number of ether oxygens (including phenoxy) is 3. The van der Waals surface area contributed by atoms with Crippen LogP contribution in [0.4, 0.5) is 11.4 Å². The van der Waals surface area contributed by atoms with Crippen molar-refractivity contribution in [2.45, 2.75) is 90.6 Å². The SMILES string of the molecule is CC(C)(C)C(NC(=O)COCCCOCCCCOc1ccc(N2C(=S)N(c3ccc(C#N)c(Cl)c3)C(=O)C2(C)C)cc1)C(=O)N1C[C@H](O)C[C@H]1C(=O)NCc1ccc(-c2cnco2)cc1. The molecule has 16 nitrogen and oxygen atoms in total. The van der Waals surface area contributed by atoms with Gasteiger partial charge in [-0.2, -0.15) is 5.26 Å². The smallest absolute Gasteiger partial charge is 0.259 e. The zero-order chi connectivity index (χ0) is 47.6. The normalized spacial score (nSPS) is 17.5. The summed E-state index contributed by atoms with van der Waals surface area (Å²) >= 11 is 12.0. The molecule has 2 saturated heterocycles. The molecule has 0 bridgehead atoms. The van der Waals surface area contributed by atoms with Crippen molar-refractivity contribution in [3.05, 3.63) is 95.5 Å². The number of nitrogens with one attached hydrogen (secondary N) is 2. The number of aromatic nitrogens is 1. The van der Waals surface area contributed by atoms with Crippen LogP contribution in [0.15, 0.2) is 83.7 Å². The molecule has 0 aliphatic carbocycles. The van der Waals surface area contributed by atoms with E-state index in [0.29, 0.717) is 54.1 Å². The van der Waals surface area contributed by atoms with E-state index in [1.54, 1.807) is 43.1 Å². The molecule has 0 radical (unpaired) electrons. The van der Waals surface area contributed by atoms with Crippen LogP contribution in [0.3, 0.4) is 0 Å². The van der Waals surface area contributed by atoms with E-state index < -0.39 is 46.9 Å². The summed E-state index contributed by atoms with van der Waals surface area (Å²) < 4.78 is 22.6. The summed E-state index contributed by atoms with van der Waals surface area (Å²) in [7, 11) is 0. The number of benzene rings is 3. The number of rotatable bonds is 20. The van der Waals surface area contributed by atoms with E-state index in [9.17, 15) is 29.5 Å². The number of unbranched alkanes of at least 4 members (excludes halogenated alkanes) is 1. The van der Waals surface area contributed by atoms with Gasteiger partial charge < -0.3 is 44.2 Å². The summed E-state index contributed by atoms with van der Waals surface area (Å²) in [6, 6.07) is 19.8. The molecule has 6 rings (SSSR count). The van der Waals surface area contributed by atoms with E-state index in [4.69, 9.17) is 42.4 Å². The van der Waals surface area contributed by atoms with Crippen LogP contribution in [-0.2, 0) is 35.2 Å². The average Bonchev–Trinajstić information content (AvgIpc) is 4.01. The zero-order valence-electron chi connectivity index (χ0n) is 37.8. The number of hydrogen-bond acceptors (Lipinski definition) is 12. The molecule has 3 N–H and O–H groups in total. The lowest BCUT2D eigenvalue weighted by Gasteiger charge is -2.35. The van der Waals surface area contributed by atoms with Crippen LogP contribution in [0.25, 0.3) is 11.3 Å². The Morgan fingerprint density at radius 3 is 2.35 bits per heavy atom. The second-order valence-electron chi connectivity index (χ2n) is 17.7. The highest BCUT2D eigenvalue weighted by molar-refractivity contribution is 7.81. The molecule has 3 aromatic carbocycles. The quantitative estimate of drug-likeness (QED) is 0.0672. The molecule has 3 heterocycles. The molecule has 66 heavy (non-hydrogen) atoms. The lowest BCUT2D eigenvalue weighted by Crippen LogP contribution is -2.58. The number of nitriles is 1. The van der Waals surface area contributed by atoms with Crippen LogP contribution in [0.2, 0.25) is 5.02 Å². The van der Waals surface area contributed by atoms with Gasteiger partial charge in [-0.15, -0.1) is 0 Å². The maximum Gasteiger partial charge on any atom is 0.259 e. The van der Waals surface area contributed by atoms with E-state index in [0.717, 1.165) is 29.7 Å². The molecule has 1 aromatic heterocycles. The van der Waals surface area contributed by atoms with E-state index in [2.05, 4.69) is 15.6 Å². The van der Waals surface area contributed by atoms with Gasteiger partial charge >= 0.3 is 0 Å². The van der Waals surface area contributed by atoms with Crippen molar-refractivity contribution < 1.29 is 42.9 Å². The van der Waals surface area contributed by atoms with Crippen LogP contribution < -0.4 is 25.2 Å². The fraction of sp³-hybridized carbons (Fsp3) is 0.438. The molecule has 2 aliphatic heterocycles. The van der Waals surface area contributed by atoms with E-state index in [1.165, 1.54) is 16.2 Å². The molecule has 0 spiro atoms. The summed E-state index contributed by atoms with van der Waals surface area (Å²) in [6.07, 6.45) is 4.27. The minimum Gasteiger partial charge on any atom is -0.494 e. The van der Waals surface area contributed by atoms with Crippen molar-refractivity contribution in [1.29, 1.82) is 5.26 Å². The number of amides is 4. The first-order chi connectivity index (χ1) is 31.5. The summed E-state index contributed by atoms with van der Waals surface area (Å²) in [5.74, 6) is -0.229. The third-order valence-electron chi connectivity index (χ3n) is 11.3. The molecule has 1 unspecified atom stereocenters. The monoisotopic (exact) mass is 941 g/mol. The second-order valence-corrected chi connectivity index (χ2v) is 18.5. The molecule has 4 aromatic rings. The number of hydrogen-bond donors (Lipinski definition) is 3. The predicted molar refractivity (Wildman–Crippen MR) is 252 cm³/mol. The Morgan fingerprint density at radius 2 is 1.68 bits per heavy atom. The zero-order valence-corrected chi connectivity index (χ0v) is 39.3. The topological polar surface area (TPSA) is 200 Å². The Labute approximate surface area is 395 Å². The van der Waals surface area contributed by atoms with Crippen LogP contribution in [0.1, 0.15) is 71.4 Å². The third-order valence-corrected chi connectivity index (χ3v) is 12.0. The number of aliphatic hydroxyl groups excluding tert-OH is 1. The van der Waals surface area contributed by atoms with Crippen LogP contribution >= 0.6 is 23.8 Å². The highest BCUT2D eigenvalue weighted by Gasteiger charge is 2.50. The first kappa shape index (κ1) is 49.5. The van der Waals surface area contributed by atoms with Crippen molar-refractivity contribution in [3.63, 3.8) is 0 Å². The largest absolute Gasteiger partial charge is 0.494 e. The number of oxazole rings is 1.